The Morgan fingerprint density at radius 2 is 2.31 bits per heavy atom. The predicted octanol–water partition coefficient (Wildman–Crippen LogP) is 1.81. The van der Waals surface area contributed by atoms with Crippen molar-refractivity contribution in [3.63, 3.8) is 0 Å². The van der Waals surface area contributed by atoms with Gasteiger partial charge in [-0.25, -0.2) is 0 Å². The number of amides is 1. The van der Waals surface area contributed by atoms with E-state index in [2.05, 4.69) is 30.7 Å². The van der Waals surface area contributed by atoms with E-state index >= 15 is 0 Å². The molecule has 0 aromatic heterocycles. The monoisotopic (exact) mass is 266 g/mol. The van der Waals surface area contributed by atoms with Gasteiger partial charge in [-0.2, -0.15) is 11.8 Å². The summed E-state index contributed by atoms with van der Waals surface area (Å²) in [6.07, 6.45) is 5.04. The average Bonchev–Trinajstić information content (AvgIpc) is 2.75. The third-order valence-electron chi connectivity index (χ3n) is 3.23. The Hall–Kier alpha value is 0.0700. The van der Waals surface area contributed by atoms with Gasteiger partial charge in [0.15, 0.2) is 0 Å². The zero-order valence-corrected chi connectivity index (χ0v) is 12.0. The topological polar surface area (TPSA) is 41.1 Å². The standard InChI is InChI=1S/C11H22N2OS.ClH/c1-4-11(6-5-7-13-11)10(14)12-8-9(2)15-3;/h9,13H,4-8H2,1-3H3,(H,12,14);1H. The fourth-order valence-corrected chi connectivity index (χ4v) is 2.20. The van der Waals surface area contributed by atoms with E-state index in [4.69, 9.17) is 0 Å². The summed E-state index contributed by atoms with van der Waals surface area (Å²) in [7, 11) is 0. The van der Waals surface area contributed by atoms with Gasteiger partial charge < -0.3 is 10.6 Å². The molecule has 0 saturated carbocycles. The number of carbonyl (C=O) groups excluding carboxylic acids is 1. The van der Waals surface area contributed by atoms with Gasteiger partial charge in [0.1, 0.15) is 0 Å². The summed E-state index contributed by atoms with van der Waals surface area (Å²) in [5.74, 6) is 0.184. The van der Waals surface area contributed by atoms with Crippen molar-refractivity contribution in [3.8, 4) is 0 Å². The van der Waals surface area contributed by atoms with E-state index in [1.54, 1.807) is 11.8 Å². The maximum absolute atomic E-state index is 12.0. The first-order chi connectivity index (χ1) is 7.14. The minimum atomic E-state index is -0.280. The van der Waals surface area contributed by atoms with Crippen LogP contribution in [0.2, 0.25) is 0 Å². The molecule has 0 radical (unpaired) electrons. The van der Waals surface area contributed by atoms with Crippen molar-refractivity contribution < 1.29 is 4.79 Å². The molecule has 0 aromatic carbocycles. The van der Waals surface area contributed by atoms with Crippen LogP contribution in [0.4, 0.5) is 0 Å². The lowest BCUT2D eigenvalue weighted by atomic mass is 9.93. The summed E-state index contributed by atoms with van der Waals surface area (Å²) in [6.45, 7) is 5.95. The Kier molecular flexibility index (Phi) is 7.44. The molecule has 2 atom stereocenters. The van der Waals surface area contributed by atoms with Crippen LogP contribution in [0.3, 0.4) is 0 Å². The number of hydrogen-bond acceptors (Lipinski definition) is 3. The zero-order valence-electron chi connectivity index (χ0n) is 10.3. The van der Waals surface area contributed by atoms with Crippen molar-refractivity contribution in [1.82, 2.24) is 10.6 Å². The smallest absolute Gasteiger partial charge is 0.240 e. The van der Waals surface area contributed by atoms with E-state index < -0.39 is 0 Å². The van der Waals surface area contributed by atoms with E-state index in [1.807, 2.05) is 0 Å². The molecule has 5 heteroatoms. The zero-order chi connectivity index (χ0) is 11.3. The van der Waals surface area contributed by atoms with Gasteiger partial charge in [-0.05, 0) is 32.1 Å². The summed E-state index contributed by atoms with van der Waals surface area (Å²) >= 11 is 1.78. The average molecular weight is 267 g/mol. The molecule has 1 amide bonds. The van der Waals surface area contributed by atoms with Crippen LogP contribution in [0.15, 0.2) is 0 Å². The molecule has 1 rings (SSSR count). The highest BCUT2D eigenvalue weighted by atomic mass is 35.5. The number of thioether (sulfide) groups is 1. The van der Waals surface area contributed by atoms with Gasteiger partial charge in [-0.3, -0.25) is 4.79 Å². The molecule has 0 aliphatic carbocycles. The summed E-state index contributed by atoms with van der Waals surface area (Å²) in [5.41, 5.74) is -0.280. The molecule has 1 aliphatic rings. The van der Waals surface area contributed by atoms with E-state index in [1.165, 1.54) is 0 Å². The highest BCUT2D eigenvalue weighted by Gasteiger charge is 2.38. The minimum absolute atomic E-state index is 0. The molecule has 16 heavy (non-hydrogen) atoms. The number of nitrogens with one attached hydrogen (secondary N) is 2. The molecule has 1 saturated heterocycles. The van der Waals surface area contributed by atoms with Crippen LogP contribution in [0.25, 0.3) is 0 Å². The Labute approximate surface area is 109 Å². The third kappa shape index (κ3) is 3.82. The van der Waals surface area contributed by atoms with Gasteiger partial charge in [-0.15, -0.1) is 12.4 Å². The van der Waals surface area contributed by atoms with E-state index in [0.717, 1.165) is 32.4 Å². The lowest BCUT2D eigenvalue weighted by molar-refractivity contribution is -0.127. The molecule has 2 unspecified atom stereocenters. The predicted molar refractivity (Wildman–Crippen MR) is 73.5 cm³/mol. The van der Waals surface area contributed by atoms with Crippen LogP contribution in [-0.4, -0.2) is 36.0 Å². The second kappa shape index (κ2) is 7.41. The Bertz CT molecular complexity index is 220. The molecule has 2 N–H and O–H groups in total. The first-order valence-corrected chi connectivity index (χ1v) is 6.99. The van der Waals surface area contributed by atoms with E-state index in [0.29, 0.717) is 5.25 Å². The lowest BCUT2D eigenvalue weighted by Crippen LogP contribution is -2.53. The molecule has 0 spiro atoms. The van der Waals surface area contributed by atoms with Crippen LogP contribution in [0.5, 0.6) is 0 Å². The second-order valence-electron chi connectivity index (χ2n) is 4.22. The van der Waals surface area contributed by atoms with Crippen LogP contribution < -0.4 is 10.6 Å². The largest absolute Gasteiger partial charge is 0.353 e. The number of hydrogen-bond donors (Lipinski definition) is 2. The maximum Gasteiger partial charge on any atom is 0.240 e. The van der Waals surface area contributed by atoms with Crippen LogP contribution in [0.1, 0.15) is 33.1 Å². The first-order valence-electron chi connectivity index (χ1n) is 5.70. The number of halogens is 1. The van der Waals surface area contributed by atoms with E-state index in [-0.39, 0.29) is 23.9 Å². The quantitative estimate of drug-likeness (QED) is 0.798. The fraction of sp³-hybridized carbons (Fsp3) is 0.909. The number of carbonyl (C=O) groups is 1. The third-order valence-corrected chi connectivity index (χ3v) is 4.21. The summed E-state index contributed by atoms with van der Waals surface area (Å²) in [4.78, 5) is 12.0. The molecule has 0 bridgehead atoms. The van der Waals surface area contributed by atoms with Crippen LogP contribution in [-0.2, 0) is 4.79 Å². The van der Waals surface area contributed by atoms with Gasteiger partial charge in [0.25, 0.3) is 0 Å². The second-order valence-corrected chi connectivity index (χ2v) is 5.50. The van der Waals surface area contributed by atoms with E-state index in [9.17, 15) is 4.79 Å². The van der Waals surface area contributed by atoms with Crippen molar-refractivity contribution in [2.45, 2.75) is 43.9 Å². The van der Waals surface area contributed by atoms with Gasteiger partial charge in [-0.1, -0.05) is 13.8 Å². The van der Waals surface area contributed by atoms with Crippen LogP contribution in [0, 0.1) is 0 Å². The Morgan fingerprint density at radius 3 is 2.75 bits per heavy atom. The molecule has 3 nitrogen and oxygen atoms in total. The van der Waals surface area contributed by atoms with Crippen molar-refractivity contribution in [3.05, 3.63) is 0 Å². The molecular formula is C11H23ClN2OS. The summed E-state index contributed by atoms with van der Waals surface area (Å²) in [5, 5.41) is 6.88. The minimum Gasteiger partial charge on any atom is -0.353 e. The molecule has 1 aliphatic heterocycles. The summed E-state index contributed by atoms with van der Waals surface area (Å²) < 4.78 is 0. The SMILES string of the molecule is CCC1(C(=O)NCC(C)SC)CCCN1.Cl. The lowest BCUT2D eigenvalue weighted by Gasteiger charge is -2.27. The molecular weight excluding hydrogens is 244 g/mol. The molecule has 1 heterocycles. The van der Waals surface area contributed by atoms with Crippen molar-refractivity contribution in [2.75, 3.05) is 19.3 Å². The van der Waals surface area contributed by atoms with Gasteiger partial charge in [0.2, 0.25) is 5.91 Å². The van der Waals surface area contributed by atoms with Crippen molar-refractivity contribution in [2.24, 2.45) is 0 Å². The van der Waals surface area contributed by atoms with Gasteiger partial charge in [0.05, 0.1) is 5.54 Å². The Morgan fingerprint density at radius 1 is 1.62 bits per heavy atom. The Balaban J connectivity index is 0.00000225. The highest BCUT2D eigenvalue weighted by Crippen LogP contribution is 2.23. The first kappa shape index (κ1) is 16.1. The normalized spacial score (nSPS) is 25.9. The molecule has 0 aromatic rings. The van der Waals surface area contributed by atoms with Crippen molar-refractivity contribution in [1.29, 1.82) is 0 Å². The molecule has 96 valence electrons. The number of rotatable bonds is 5. The summed E-state index contributed by atoms with van der Waals surface area (Å²) in [6, 6.07) is 0. The van der Waals surface area contributed by atoms with Gasteiger partial charge in [0, 0.05) is 11.8 Å². The van der Waals surface area contributed by atoms with Crippen LogP contribution >= 0.6 is 24.2 Å². The maximum atomic E-state index is 12.0. The fourth-order valence-electron chi connectivity index (χ4n) is 1.95. The van der Waals surface area contributed by atoms with Crippen molar-refractivity contribution >= 4 is 30.1 Å². The molecule has 1 fully saturated rings. The highest BCUT2D eigenvalue weighted by molar-refractivity contribution is 7.99. The van der Waals surface area contributed by atoms with Gasteiger partial charge >= 0.3 is 0 Å².